The average molecular weight is 327 g/mol. The molecule has 4 heteroatoms. The molecule has 2 aromatic rings. The van der Waals surface area contributed by atoms with Crippen LogP contribution in [0.4, 0.5) is 0 Å². The van der Waals surface area contributed by atoms with E-state index < -0.39 is 24.5 Å². The van der Waals surface area contributed by atoms with Gasteiger partial charge in [-0.3, -0.25) is 10.1 Å². The zero-order valence-corrected chi connectivity index (χ0v) is 14.4. The second-order valence-electron chi connectivity index (χ2n) is 6.22. The third kappa shape index (κ3) is 4.51. The number of Topliss-reactive ketones (excluding diaryl/α,β-unsaturated/α-hetero) is 1. The lowest BCUT2D eigenvalue weighted by atomic mass is 9.99. The number of aliphatic hydroxyl groups is 2. The molecule has 2 aromatic carbocycles. The second kappa shape index (κ2) is 8.20. The number of carbonyl (C=O) groups excluding carboxylic acids is 1. The van der Waals surface area contributed by atoms with Gasteiger partial charge in [-0.05, 0) is 37.5 Å². The van der Waals surface area contributed by atoms with Crippen LogP contribution in [0.15, 0.2) is 48.5 Å². The number of aryl methyl sites for hydroxylation is 1. The summed E-state index contributed by atoms with van der Waals surface area (Å²) in [6.07, 6.45) is -0.862. The Morgan fingerprint density at radius 2 is 1.50 bits per heavy atom. The summed E-state index contributed by atoms with van der Waals surface area (Å²) in [5.74, 6) is -0.409. The molecular weight excluding hydrogens is 302 g/mol. The zero-order chi connectivity index (χ0) is 17.7. The van der Waals surface area contributed by atoms with Crippen LogP contribution in [0.5, 0.6) is 0 Å². The smallest absolute Gasteiger partial charge is 0.177 e. The first-order valence-corrected chi connectivity index (χ1v) is 8.17. The molecule has 0 saturated carbocycles. The fraction of sp³-hybridized carbons (Fsp3) is 0.350. The van der Waals surface area contributed by atoms with Crippen LogP contribution in [0.25, 0.3) is 11.1 Å². The molecule has 0 bridgehead atoms. The van der Waals surface area contributed by atoms with Gasteiger partial charge in [0.1, 0.15) is 6.61 Å². The lowest BCUT2D eigenvalue weighted by molar-refractivity contribution is -0.126. The van der Waals surface area contributed by atoms with Crippen LogP contribution >= 0.6 is 0 Å². The molecule has 4 nitrogen and oxygen atoms in total. The number of ketones is 1. The van der Waals surface area contributed by atoms with Gasteiger partial charge in [0.15, 0.2) is 5.78 Å². The van der Waals surface area contributed by atoms with E-state index in [-0.39, 0.29) is 6.04 Å². The SMILES string of the molecule is Cc1ccc(-c2ccc(C(C)N[C@H](C(=O)CO)[C@@H](C)O)cc2)cc1. The summed E-state index contributed by atoms with van der Waals surface area (Å²) in [7, 11) is 0. The molecule has 24 heavy (non-hydrogen) atoms. The molecule has 0 spiro atoms. The number of hydrogen-bond donors (Lipinski definition) is 3. The molecule has 0 aliphatic carbocycles. The molecule has 128 valence electrons. The van der Waals surface area contributed by atoms with Crippen molar-refractivity contribution in [3.63, 3.8) is 0 Å². The summed E-state index contributed by atoms with van der Waals surface area (Å²) in [5, 5.41) is 21.8. The Kier molecular flexibility index (Phi) is 6.26. The Labute approximate surface area is 143 Å². The fourth-order valence-corrected chi connectivity index (χ4v) is 2.68. The Hall–Kier alpha value is -2.01. The van der Waals surface area contributed by atoms with Crippen LogP contribution < -0.4 is 5.32 Å². The molecule has 0 fully saturated rings. The van der Waals surface area contributed by atoms with Gasteiger partial charge in [-0.1, -0.05) is 54.1 Å². The van der Waals surface area contributed by atoms with E-state index in [4.69, 9.17) is 5.11 Å². The van der Waals surface area contributed by atoms with E-state index in [1.54, 1.807) is 6.92 Å². The Morgan fingerprint density at radius 3 is 1.96 bits per heavy atom. The Morgan fingerprint density at radius 1 is 1.00 bits per heavy atom. The molecule has 0 aromatic heterocycles. The number of carbonyl (C=O) groups is 1. The minimum absolute atomic E-state index is 0.118. The first-order chi connectivity index (χ1) is 11.4. The van der Waals surface area contributed by atoms with E-state index in [9.17, 15) is 9.90 Å². The van der Waals surface area contributed by atoms with Gasteiger partial charge < -0.3 is 10.2 Å². The number of benzene rings is 2. The normalized spacial score (nSPS) is 14.9. The standard InChI is InChI=1S/C20H25NO3/c1-13-4-6-17(7-5-13)18-10-8-16(9-11-18)14(2)21-20(15(3)23)19(24)12-22/h4-11,14-15,20-23H,12H2,1-3H3/t14?,15-,20+/m1/s1. The van der Waals surface area contributed by atoms with Gasteiger partial charge in [0.2, 0.25) is 0 Å². The predicted octanol–water partition coefficient (Wildman–Crippen LogP) is 2.62. The zero-order valence-electron chi connectivity index (χ0n) is 14.4. The molecule has 2 rings (SSSR count). The number of aliphatic hydroxyl groups excluding tert-OH is 2. The monoisotopic (exact) mass is 327 g/mol. The highest BCUT2D eigenvalue weighted by Crippen LogP contribution is 2.22. The van der Waals surface area contributed by atoms with Crippen molar-refractivity contribution >= 4 is 5.78 Å². The van der Waals surface area contributed by atoms with Gasteiger partial charge in [-0.15, -0.1) is 0 Å². The van der Waals surface area contributed by atoms with Crippen LogP contribution in [0.3, 0.4) is 0 Å². The minimum Gasteiger partial charge on any atom is -0.391 e. The highest BCUT2D eigenvalue weighted by Gasteiger charge is 2.24. The van der Waals surface area contributed by atoms with E-state index >= 15 is 0 Å². The van der Waals surface area contributed by atoms with Gasteiger partial charge in [0.25, 0.3) is 0 Å². The maximum atomic E-state index is 11.7. The predicted molar refractivity (Wildman–Crippen MR) is 95.7 cm³/mol. The maximum absolute atomic E-state index is 11.7. The van der Waals surface area contributed by atoms with Gasteiger partial charge in [-0.25, -0.2) is 0 Å². The van der Waals surface area contributed by atoms with Gasteiger partial charge in [0.05, 0.1) is 12.1 Å². The molecular formula is C20H25NO3. The molecule has 0 aliphatic rings. The molecule has 0 amide bonds. The largest absolute Gasteiger partial charge is 0.391 e. The highest BCUT2D eigenvalue weighted by atomic mass is 16.3. The second-order valence-corrected chi connectivity index (χ2v) is 6.22. The molecule has 3 N–H and O–H groups in total. The maximum Gasteiger partial charge on any atom is 0.177 e. The fourth-order valence-electron chi connectivity index (χ4n) is 2.68. The molecule has 1 unspecified atom stereocenters. The van der Waals surface area contributed by atoms with Crippen LogP contribution in [0.1, 0.15) is 31.0 Å². The van der Waals surface area contributed by atoms with E-state index in [0.717, 1.165) is 16.7 Å². The molecule has 0 aliphatic heterocycles. The van der Waals surface area contributed by atoms with E-state index in [0.29, 0.717) is 0 Å². The summed E-state index contributed by atoms with van der Waals surface area (Å²) in [6, 6.07) is 15.6. The number of hydrogen-bond acceptors (Lipinski definition) is 4. The van der Waals surface area contributed by atoms with Crippen molar-refractivity contribution in [3.8, 4) is 11.1 Å². The van der Waals surface area contributed by atoms with E-state index in [2.05, 4.69) is 36.5 Å². The van der Waals surface area contributed by atoms with Gasteiger partial charge in [-0.2, -0.15) is 0 Å². The van der Waals surface area contributed by atoms with Crippen molar-refractivity contribution in [3.05, 3.63) is 59.7 Å². The van der Waals surface area contributed by atoms with Crippen molar-refractivity contribution in [1.82, 2.24) is 5.32 Å². The highest BCUT2D eigenvalue weighted by molar-refractivity contribution is 5.85. The van der Waals surface area contributed by atoms with Crippen molar-refractivity contribution in [2.45, 2.75) is 39.0 Å². The molecule has 3 atom stereocenters. The Balaban J connectivity index is 2.11. The lowest BCUT2D eigenvalue weighted by Crippen LogP contribution is -2.47. The first-order valence-electron chi connectivity index (χ1n) is 8.17. The van der Waals surface area contributed by atoms with Gasteiger partial charge in [0, 0.05) is 6.04 Å². The molecule has 0 radical (unpaired) electrons. The topological polar surface area (TPSA) is 69.6 Å². The Bertz CT molecular complexity index is 662. The van der Waals surface area contributed by atoms with Crippen LogP contribution in [-0.2, 0) is 4.79 Å². The quantitative estimate of drug-likeness (QED) is 0.731. The van der Waals surface area contributed by atoms with Crippen LogP contribution in [0, 0.1) is 6.92 Å². The lowest BCUT2D eigenvalue weighted by Gasteiger charge is -2.24. The van der Waals surface area contributed by atoms with Gasteiger partial charge >= 0.3 is 0 Å². The first kappa shape index (κ1) is 18.3. The minimum atomic E-state index is -0.862. The van der Waals surface area contributed by atoms with Crippen molar-refractivity contribution in [2.75, 3.05) is 6.61 Å². The van der Waals surface area contributed by atoms with Crippen LogP contribution in [-0.4, -0.2) is 34.7 Å². The molecule has 0 saturated heterocycles. The third-order valence-corrected chi connectivity index (χ3v) is 4.21. The van der Waals surface area contributed by atoms with Crippen molar-refractivity contribution in [1.29, 1.82) is 0 Å². The summed E-state index contributed by atoms with van der Waals surface area (Å²) in [5.41, 5.74) is 4.53. The van der Waals surface area contributed by atoms with E-state index in [1.165, 1.54) is 5.56 Å². The summed E-state index contributed by atoms with van der Waals surface area (Å²) >= 11 is 0. The summed E-state index contributed by atoms with van der Waals surface area (Å²) in [6.45, 7) is 4.95. The third-order valence-electron chi connectivity index (χ3n) is 4.21. The van der Waals surface area contributed by atoms with E-state index in [1.807, 2.05) is 31.2 Å². The number of nitrogens with one attached hydrogen (secondary N) is 1. The summed E-state index contributed by atoms with van der Waals surface area (Å²) in [4.78, 5) is 11.7. The van der Waals surface area contributed by atoms with Crippen molar-refractivity contribution in [2.24, 2.45) is 0 Å². The van der Waals surface area contributed by atoms with Crippen molar-refractivity contribution < 1.29 is 15.0 Å². The van der Waals surface area contributed by atoms with Crippen LogP contribution in [0.2, 0.25) is 0 Å². The molecule has 0 heterocycles. The summed E-state index contributed by atoms with van der Waals surface area (Å²) < 4.78 is 0. The number of rotatable bonds is 7. The average Bonchev–Trinajstić information content (AvgIpc) is 2.59.